The van der Waals surface area contributed by atoms with E-state index in [2.05, 4.69) is 0 Å². The third kappa shape index (κ3) is 1190. The maximum atomic E-state index is 0. The Hall–Kier alpha value is 4.17. The second kappa shape index (κ2) is 1330. The molecule has 0 spiro atoms. The Balaban J connectivity index is 0. The SMILES string of the molecule is [Gd+3].[Na+].[O-2].[O-2].[O-2].[O-2].[O-2].[O-2].[O-2].[O-2].[O-2].[O-2].[O-2].[O-2].[O-2].[O-2].[O-2].[O-2].[OH3+].[OH3+].[OH3+].[OH3+].[Re].[Re].[Re].[Re]. The van der Waals surface area contributed by atoms with Crippen molar-refractivity contribution < 1.29 is 261 Å². The van der Waals surface area contributed by atoms with Crippen LogP contribution in [0.25, 0.3) is 0 Å². The van der Waals surface area contributed by atoms with Crippen molar-refractivity contribution in [3.05, 3.63) is 0 Å². The van der Waals surface area contributed by atoms with Gasteiger partial charge in [0.05, 0.1) is 0 Å². The van der Waals surface area contributed by atoms with E-state index in [0.717, 1.165) is 0 Å². The van der Waals surface area contributed by atoms with Crippen molar-refractivity contribution in [3.63, 3.8) is 0 Å². The Morgan fingerprint density at radius 3 is 0.192 bits per heavy atom. The summed E-state index contributed by atoms with van der Waals surface area (Å²) in [6.45, 7) is 0. The van der Waals surface area contributed by atoms with Gasteiger partial charge in [-0.05, 0) is 0 Å². The quantitative estimate of drug-likeness (QED) is 0.161. The van der Waals surface area contributed by atoms with Crippen molar-refractivity contribution in [2.45, 2.75) is 0 Å². The third-order valence-corrected chi connectivity index (χ3v) is 0. The van der Waals surface area contributed by atoms with E-state index in [1.807, 2.05) is 0 Å². The molecule has 0 aliphatic heterocycles. The predicted octanol–water partition coefficient (Wildman–Crippen LogP) is -8.59. The first-order valence-corrected chi connectivity index (χ1v) is 0. The zero-order chi connectivity index (χ0) is 0. The third-order valence-electron chi connectivity index (χ3n) is 0. The fourth-order valence-electron chi connectivity index (χ4n) is 0. The minimum Gasteiger partial charge on any atom is -2.00 e. The van der Waals surface area contributed by atoms with E-state index < -0.39 is 0 Å². The molecule has 0 unspecified atom stereocenters. The Morgan fingerprint density at radius 1 is 0.192 bits per heavy atom. The van der Waals surface area contributed by atoms with Gasteiger partial charge in [0.25, 0.3) is 0 Å². The van der Waals surface area contributed by atoms with Crippen molar-refractivity contribution >= 4 is 0 Å². The molecule has 5 radical (unpaired) electrons. The van der Waals surface area contributed by atoms with E-state index >= 15 is 0 Å². The fourth-order valence-corrected chi connectivity index (χ4v) is 0. The second-order valence-electron chi connectivity index (χ2n) is 0. The summed E-state index contributed by atoms with van der Waals surface area (Å²) >= 11 is 0. The van der Waals surface area contributed by atoms with Crippen LogP contribution < -0.4 is 29.6 Å². The van der Waals surface area contributed by atoms with Gasteiger partial charge in [-0.15, -0.1) is 0 Å². The summed E-state index contributed by atoms with van der Waals surface area (Å²) in [6, 6.07) is 0. The molecule has 12 N–H and O–H groups in total. The fraction of sp³-hybridized carbons (Fsp3) is 0. The molecule has 0 fully saturated rings. The Bertz CT molecular complexity index is 27.8. The van der Waals surface area contributed by atoms with Crippen molar-refractivity contribution in [2.24, 2.45) is 0 Å². The van der Waals surface area contributed by atoms with Gasteiger partial charge in [-0.1, -0.05) is 0 Å². The summed E-state index contributed by atoms with van der Waals surface area (Å²) in [6.07, 6.45) is 0. The molecule has 0 atom stereocenters. The van der Waals surface area contributed by atoms with Crippen molar-refractivity contribution in [3.8, 4) is 0 Å². The Labute approximate surface area is 257 Å². The van der Waals surface area contributed by atoms with Gasteiger partial charge in [0.15, 0.2) is 0 Å². The molecule has 0 bridgehead atoms. The molecule has 0 aliphatic rings. The first-order valence-electron chi connectivity index (χ1n) is 0. The van der Waals surface area contributed by atoms with Crippen LogP contribution in [0.3, 0.4) is 0 Å². The summed E-state index contributed by atoms with van der Waals surface area (Å²) in [4.78, 5) is 0. The van der Waals surface area contributed by atoms with Crippen LogP contribution >= 0.6 is 0 Å². The van der Waals surface area contributed by atoms with Gasteiger partial charge in [-0.25, -0.2) is 0 Å². The molecule has 20 nitrogen and oxygen atoms in total. The van der Waals surface area contributed by atoms with E-state index in [-0.39, 0.29) is 261 Å². The number of hydrogen-bond donors (Lipinski definition) is 0. The van der Waals surface area contributed by atoms with Gasteiger partial charge in [-0.3, -0.25) is 0 Å². The molecule has 0 saturated carbocycles. The maximum Gasteiger partial charge on any atom is 3.00 e. The molecule has 26 heteroatoms. The molecular formula is H12GdNaO20Re4-24. The summed E-state index contributed by atoms with van der Waals surface area (Å²) < 4.78 is 0. The van der Waals surface area contributed by atoms with Crippen LogP contribution in [0.5, 0.6) is 0 Å². The molecule has 0 heterocycles. The predicted molar refractivity (Wildman–Crippen MR) is 30.5 cm³/mol. The molecule has 26 heavy (non-hydrogen) atoms. The molecule has 0 saturated heterocycles. The van der Waals surface area contributed by atoms with Gasteiger partial charge < -0.3 is 110 Å². The Kier molecular flexibility index (Phi) is 75400. The van der Waals surface area contributed by atoms with E-state index in [4.69, 9.17) is 0 Å². The molecule has 0 aromatic rings. The summed E-state index contributed by atoms with van der Waals surface area (Å²) in [5, 5.41) is 0. The smallest absolute Gasteiger partial charge is 2.00 e. The summed E-state index contributed by atoms with van der Waals surface area (Å²) in [5.74, 6) is 0. The van der Waals surface area contributed by atoms with Crippen LogP contribution in [0.1, 0.15) is 0 Å². The minimum atomic E-state index is 0. The van der Waals surface area contributed by atoms with Crippen LogP contribution in [-0.2, 0) is 191 Å². The topological polar surface area (TPSA) is 588 Å². The van der Waals surface area contributed by atoms with E-state index in [1.54, 1.807) is 0 Å². The normalized spacial score (nSPS) is 0. The van der Waals surface area contributed by atoms with Crippen LogP contribution in [0, 0.1) is 39.9 Å². The van der Waals surface area contributed by atoms with E-state index in [9.17, 15) is 0 Å². The van der Waals surface area contributed by atoms with E-state index in [0.29, 0.717) is 0 Å². The zero-order valence-electron chi connectivity index (χ0n) is 11.7. The average molecular weight is 1260 g/mol. The zero-order valence-corrected chi connectivity index (χ0v) is 26.8. The number of rotatable bonds is 0. The van der Waals surface area contributed by atoms with E-state index in [1.165, 1.54) is 0 Å². The number of hydrogen-bond acceptors (Lipinski definition) is 0. The summed E-state index contributed by atoms with van der Waals surface area (Å²) in [5.41, 5.74) is 0. The van der Waals surface area contributed by atoms with Crippen molar-refractivity contribution in [1.82, 2.24) is 0 Å². The Morgan fingerprint density at radius 2 is 0.192 bits per heavy atom. The molecular weight excluding hydrogens is 1250 g/mol. The average Bonchev–Trinajstić information content (AvgIpc) is 0. The van der Waals surface area contributed by atoms with Crippen LogP contribution in [0.2, 0.25) is 0 Å². The molecule has 0 amide bonds. The van der Waals surface area contributed by atoms with Gasteiger partial charge in [-0.2, -0.15) is 0 Å². The largest absolute Gasteiger partial charge is 3.00 e. The maximum absolute atomic E-state index is 0. The molecule has 0 aliphatic carbocycles. The standard InChI is InChI=1S/Gd.Na.4H2O.16O.4Re/h;;4*1H2;;;;;;;;;;;;;;;;;;;;/q+3;+1;;;;;16*-2;;;;/p+4. The van der Waals surface area contributed by atoms with Crippen molar-refractivity contribution in [1.29, 1.82) is 0 Å². The second-order valence-corrected chi connectivity index (χ2v) is 0. The van der Waals surface area contributed by atoms with Gasteiger partial charge in [0, 0.05) is 81.7 Å². The molecule has 0 aromatic carbocycles. The molecule has 193 valence electrons. The van der Waals surface area contributed by atoms with Crippen LogP contribution in [0.4, 0.5) is 0 Å². The first kappa shape index (κ1) is 1470. The van der Waals surface area contributed by atoms with Crippen molar-refractivity contribution in [2.75, 3.05) is 0 Å². The molecule has 0 aromatic heterocycles. The van der Waals surface area contributed by atoms with Gasteiger partial charge in [0.1, 0.15) is 0 Å². The van der Waals surface area contributed by atoms with Gasteiger partial charge >= 0.3 is 69.5 Å². The summed E-state index contributed by atoms with van der Waals surface area (Å²) in [7, 11) is 0. The minimum absolute atomic E-state index is 0. The monoisotopic (exact) mass is 1260 g/mol. The molecule has 0 rings (SSSR count). The van der Waals surface area contributed by atoms with Crippen LogP contribution in [-0.4, -0.2) is 0 Å². The first-order chi connectivity index (χ1) is 0. The van der Waals surface area contributed by atoms with Gasteiger partial charge in [0.2, 0.25) is 0 Å². The van der Waals surface area contributed by atoms with Crippen LogP contribution in [0.15, 0.2) is 0 Å².